The molecule has 1 aromatic rings. The predicted molar refractivity (Wildman–Crippen MR) is 86.4 cm³/mol. The van der Waals surface area contributed by atoms with Gasteiger partial charge in [-0.05, 0) is 50.3 Å². The van der Waals surface area contributed by atoms with E-state index in [1.165, 1.54) is 69.3 Å². The van der Waals surface area contributed by atoms with E-state index in [1.54, 1.807) is 0 Å². The normalized spacial score (nSPS) is 21.6. The number of nitrogens with zero attached hydrogens (tertiary/aromatic N) is 1. The number of nitrogens with one attached hydrogen (secondary N) is 1. The Morgan fingerprint density at radius 2 is 1.95 bits per heavy atom. The van der Waals surface area contributed by atoms with Gasteiger partial charge >= 0.3 is 0 Å². The lowest BCUT2D eigenvalue weighted by Gasteiger charge is -2.38. The van der Waals surface area contributed by atoms with Gasteiger partial charge in [0, 0.05) is 24.8 Å². The summed E-state index contributed by atoms with van der Waals surface area (Å²) in [5, 5.41) is 3.61. The molecule has 1 N–H and O–H groups in total. The van der Waals surface area contributed by atoms with E-state index < -0.39 is 0 Å². The van der Waals surface area contributed by atoms with E-state index in [0.29, 0.717) is 6.04 Å². The third-order valence-electron chi connectivity index (χ3n) is 5.21. The molecule has 2 heteroatoms. The summed E-state index contributed by atoms with van der Waals surface area (Å²) in [5.74, 6) is 0.878. The van der Waals surface area contributed by atoms with Crippen LogP contribution in [0, 0.1) is 5.92 Å². The van der Waals surface area contributed by atoms with Crippen LogP contribution in [0.5, 0.6) is 0 Å². The zero-order valence-electron chi connectivity index (χ0n) is 12.8. The van der Waals surface area contributed by atoms with Crippen molar-refractivity contribution in [2.75, 3.05) is 25.0 Å². The third-order valence-corrected chi connectivity index (χ3v) is 5.21. The van der Waals surface area contributed by atoms with Crippen molar-refractivity contribution in [2.45, 2.75) is 51.0 Å². The van der Waals surface area contributed by atoms with Crippen molar-refractivity contribution in [3.05, 3.63) is 29.8 Å². The Bertz CT molecular complexity index is 423. The molecule has 0 aromatic heterocycles. The van der Waals surface area contributed by atoms with Crippen molar-refractivity contribution in [3.63, 3.8) is 0 Å². The molecule has 110 valence electrons. The maximum Gasteiger partial charge on any atom is 0.0399 e. The molecular formula is C18H28N2. The van der Waals surface area contributed by atoms with Gasteiger partial charge in [-0.1, -0.05) is 37.5 Å². The highest BCUT2D eigenvalue weighted by molar-refractivity contribution is 5.55. The highest BCUT2D eigenvalue weighted by atomic mass is 15.2. The fourth-order valence-electron chi connectivity index (χ4n) is 4.05. The Morgan fingerprint density at radius 1 is 1.15 bits per heavy atom. The van der Waals surface area contributed by atoms with Gasteiger partial charge in [-0.25, -0.2) is 0 Å². The van der Waals surface area contributed by atoms with Crippen molar-refractivity contribution in [1.82, 2.24) is 5.32 Å². The standard InChI is InChI=1S/C18H28N2/c1-19-17(15-8-3-2-4-9-15)14-20-13-7-11-16-10-5-6-12-18(16)20/h5-6,10,12,15,17,19H,2-4,7-9,11,13-14H2,1H3. The lowest BCUT2D eigenvalue weighted by atomic mass is 9.83. The molecule has 0 bridgehead atoms. The van der Waals surface area contributed by atoms with Crippen LogP contribution in [0.4, 0.5) is 5.69 Å². The van der Waals surface area contributed by atoms with Crippen LogP contribution >= 0.6 is 0 Å². The summed E-state index contributed by atoms with van der Waals surface area (Å²) in [5.41, 5.74) is 3.02. The van der Waals surface area contributed by atoms with E-state index in [4.69, 9.17) is 0 Å². The molecule has 0 amide bonds. The largest absolute Gasteiger partial charge is 0.370 e. The second-order valence-corrected chi connectivity index (χ2v) is 6.47. The first-order valence-corrected chi connectivity index (χ1v) is 8.38. The van der Waals surface area contributed by atoms with E-state index in [9.17, 15) is 0 Å². The Morgan fingerprint density at radius 3 is 2.75 bits per heavy atom. The lowest BCUT2D eigenvalue weighted by Crippen LogP contribution is -2.46. The number of aryl methyl sites for hydroxylation is 1. The molecule has 1 unspecified atom stereocenters. The Hall–Kier alpha value is -1.02. The van der Waals surface area contributed by atoms with Crippen molar-refractivity contribution >= 4 is 5.69 Å². The van der Waals surface area contributed by atoms with Crippen molar-refractivity contribution in [2.24, 2.45) is 5.92 Å². The molecule has 1 atom stereocenters. The SMILES string of the molecule is CNC(CN1CCCc2ccccc21)C1CCCCC1. The molecule has 1 saturated carbocycles. The second kappa shape index (κ2) is 6.62. The first-order valence-electron chi connectivity index (χ1n) is 8.38. The van der Waals surface area contributed by atoms with Gasteiger partial charge in [0.2, 0.25) is 0 Å². The van der Waals surface area contributed by atoms with Crippen LogP contribution in [-0.2, 0) is 6.42 Å². The fourth-order valence-corrected chi connectivity index (χ4v) is 4.05. The van der Waals surface area contributed by atoms with Crippen LogP contribution in [-0.4, -0.2) is 26.2 Å². The van der Waals surface area contributed by atoms with Crippen molar-refractivity contribution in [1.29, 1.82) is 0 Å². The van der Waals surface area contributed by atoms with Crippen LogP contribution in [0.15, 0.2) is 24.3 Å². The Balaban J connectivity index is 1.70. The van der Waals surface area contributed by atoms with Gasteiger partial charge in [-0.15, -0.1) is 0 Å². The van der Waals surface area contributed by atoms with Crippen LogP contribution in [0.1, 0.15) is 44.1 Å². The highest BCUT2D eigenvalue weighted by Crippen LogP contribution is 2.30. The number of hydrogen-bond donors (Lipinski definition) is 1. The number of likely N-dealkylation sites (N-methyl/N-ethyl adjacent to an activating group) is 1. The molecule has 2 nitrogen and oxygen atoms in total. The van der Waals surface area contributed by atoms with Gasteiger partial charge in [0.15, 0.2) is 0 Å². The first-order chi connectivity index (χ1) is 9.88. The van der Waals surface area contributed by atoms with E-state index in [-0.39, 0.29) is 0 Å². The first kappa shape index (κ1) is 13.9. The zero-order valence-corrected chi connectivity index (χ0v) is 12.8. The minimum atomic E-state index is 0.654. The number of para-hydroxylation sites is 1. The number of rotatable bonds is 4. The second-order valence-electron chi connectivity index (χ2n) is 6.47. The summed E-state index contributed by atoms with van der Waals surface area (Å²) in [7, 11) is 2.15. The van der Waals surface area contributed by atoms with Gasteiger partial charge < -0.3 is 10.2 Å². The molecule has 20 heavy (non-hydrogen) atoms. The van der Waals surface area contributed by atoms with E-state index in [2.05, 4.69) is 41.5 Å². The van der Waals surface area contributed by atoms with Gasteiger partial charge in [0.25, 0.3) is 0 Å². The van der Waals surface area contributed by atoms with Crippen molar-refractivity contribution in [3.8, 4) is 0 Å². The summed E-state index contributed by atoms with van der Waals surface area (Å²) in [6.07, 6.45) is 9.69. The third kappa shape index (κ3) is 3.01. The van der Waals surface area contributed by atoms with Crippen LogP contribution in [0.3, 0.4) is 0 Å². The maximum atomic E-state index is 3.61. The summed E-state index contributed by atoms with van der Waals surface area (Å²) in [6, 6.07) is 9.63. The minimum absolute atomic E-state index is 0.654. The molecule has 1 aromatic carbocycles. The van der Waals surface area contributed by atoms with E-state index >= 15 is 0 Å². The van der Waals surface area contributed by atoms with E-state index in [1.807, 2.05) is 0 Å². The average molecular weight is 272 g/mol. The van der Waals surface area contributed by atoms with E-state index in [0.717, 1.165) is 5.92 Å². The Kier molecular flexibility index (Phi) is 4.62. The number of hydrogen-bond acceptors (Lipinski definition) is 2. The predicted octanol–water partition coefficient (Wildman–Crippen LogP) is 3.61. The van der Waals surface area contributed by atoms with Crippen molar-refractivity contribution < 1.29 is 0 Å². The smallest absolute Gasteiger partial charge is 0.0399 e. The summed E-state index contributed by atoms with van der Waals surface area (Å²) < 4.78 is 0. The minimum Gasteiger partial charge on any atom is -0.370 e. The van der Waals surface area contributed by atoms with Gasteiger partial charge in [0.05, 0.1) is 0 Å². The number of fused-ring (bicyclic) bond motifs is 1. The molecule has 0 radical (unpaired) electrons. The topological polar surface area (TPSA) is 15.3 Å². The maximum absolute atomic E-state index is 3.61. The lowest BCUT2D eigenvalue weighted by molar-refractivity contribution is 0.278. The summed E-state index contributed by atoms with van der Waals surface area (Å²) in [6.45, 7) is 2.40. The van der Waals surface area contributed by atoms with Crippen LogP contribution in [0.2, 0.25) is 0 Å². The van der Waals surface area contributed by atoms with Crippen LogP contribution < -0.4 is 10.2 Å². The molecule has 1 fully saturated rings. The zero-order chi connectivity index (χ0) is 13.8. The van der Waals surface area contributed by atoms with Gasteiger partial charge in [0.1, 0.15) is 0 Å². The molecular weight excluding hydrogens is 244 g/mol. The fraction of sp³-hybridized carbons (Fsp3) is 0.667. The number of anilines is 1. The molecule has 2 aliphatic rings. The van der Waals surface area contributed by atoms with Gasteiger partial charge in [-0.3, -0.25) is 0 Å². The van der Waals surface area contributed by atoms with Crippen LogP contribution in [0.25, 0.3) is 0 Å². The monoisotopic (exact) mass is 272 g/mol. The average Bonchev–Trinajstić information content (AvgIpc) is 2.53. The summed E-state index contributed by atoms with van der Waals surface area (Å²) >= 11 is 0. The molecule has 0 spiro atoms. The Labute approximate surface area is 123 Å². The quantitative estimate of drug-likeness (QED) is 0.901. The highest BCUT2D eigenvalue weighted by Gasteiger charge is 2.26. The number of benzene rings is 1. The molecule has 1 aliphatic carbocycles. The molecule has 1 heterocycles. The van der Waals surface area contributed by atoms with Gasteiger partial charge in [-0.2, -0.15) is 0 Å². The molecule has 3 rings (SSSR count). The summed E-state index contributed by atoms with van der Waals surface area (Å²) in [4.78, 5) is 2.62. The molecule has 0 saturated heterocycles. The molecule has 1 aliphatic heterocycles.